The normalized spacial score (nSPS) is 11.4. The highest BCUT2D eigenvalue weighted by Crippen LogP contribution is 2.22. The van der Waals surface area contributed by atoms with Crippen LogP contribution in [0.4, 0.5) is 5.69 Å². The molecule has 0 saturated heterocycles. The Labute approximate surface area is 171 Å². The molecule has 30 heavy (non-hydrogen) atoms. The molecule has 152 valence electrons. The zero-order valence-corrected chi connectivity index (χ0v) is 16.3. The van der Waals surface area contributed by atoms with Crippen molar-refractivity contribution in [3.8, 4) is 11.8 Å². The van der Waals surface area contributed by atoms with Crippen LogP contribution in [-0.2, 0) is 14.3 Å². The fraction of sp³-hybridized carbons (Fsp3) is 0.182. The van der Waals surface area contributed by atoms with Gasteiger partial charge >= 0.3 is 11.6 Å². The van der Waals surface area contributed by atoms with Crippen LogP contribution in [0.1, 0.15) is 18.1 Å². The lowest BCUT2D eigenvalue weighted by molar-refractivity contribution is -0.155. The van der Waals surface area contributed by atoms with E-state index in [4.69, 9.17) is 19.2 Å². The lowest BCUT2D eigenvalue weighted by Gasteiger charge is -2.14. The van der Waals surface area contributed by atoms with E-state index in [0.717, 1.165) is 10.9 Å². The molecule has 8 heteroatoms. The number of aryl methyl sites for hydroxylation is 1. The van der Waals surface area contributed by atoms with Crippen molar-refractivity contribution in [2.24, 2.45) is 0 Å². The SMILES string of the molecule is Cc1cc(=O)oc2cc(OCC(=O)O[C@H](C)C(=O)Nc3cccc(C#N)c3)ccc12. The number of benzene rings is 2. The number of hydrogen-bond acceptors (Lipinski definition) is 7. The molecule has 0 radical (unpaired) electrons. The topological polar surface area (TPSA) is 119 Å². The number of carbonyl (C=O) groups is 2. The zero-order valence-electron chi connectivity index (χ0n) is 16.3. The van der Waals surface area contributed by atoms with Gasteiger partial charge in [-0.15, -0.1) is 0 Å². The van der Waals surface area contributed by atoms with Crippen molar-refractivity contribution in [2.45, 2.75) is 20.0 Å². The molecule has 2 aromatic carbocycles. The maximum atomic E-state index is 12.2. The third kappa shape index (κ3) is 5.02. The summed E-state index contributed by atoms with van der Waals surface area (Å²) >= 11 is 0. The van der Waals surface area contributed by atoms with Crippen molar-refractivity contribution in [3.63, 3.8) is 0 Å². The van der Waals surface area contributed by atoms with Gasteiger partial charge in [-0.05, 0) is 49.7 Å². The fourth-order valence-electron chi connectivity index (χ4n) is 2.73. The predicted octanol–water partition coefficient (Wildman–Crippen LogP) is 2.92. The van der Waals surface area contributed by atoms with Crippen LogP contribution >= 0.6 is 0 Å². The van der Waals surface area contributed by atoms with Gasteiger partial charge in [-0.3, -0.25) is 4.79 Å². The lowest BCUT2D eigenvalue weighted by atomic mass is 10.1. The molecule has 3 rings (SSSR count). The largest absolute Gasteiger partial charge is 0.482 e. The van der Waals surface area contributed by atoms with Crippen molar-refractivity contribution in [2.75, 3.05) is 11.9 Å². The number of ether oxygens (including phenoxy) is 2. The molecule has 0 aliphatic rings. The molecular formula is C22H18N2O6. The monoisotopic (exact) mass is 406 g/mol. The maximum Gasteiger partial charge on any atom is 0.344 e. The average molecular weight is 406 g/mol. The highest BCUT2D eigenvalue weighted by Gasteiger charge is 2.18. The number of fused-ring (bicyclic) bond motifs is 1. The van der Waals surface area contributed by atoms with Crippen molar-refractivity contribution < 1.29 is 23.5 Å². The van der Waals surface area contributed by atoms with E-state index in [0.29, 0.717) is 22.6 Å². The third-order valence-electron chi connectivity index (χ3n) is 4.22. The quantitative estimate of drug-likeness (QED) is 0.494. The molecule has 1 heterocycles. The Morgan fingerprint density at radius 3 is 2.77 bits per heavy atom. The predicted molar refractivity (Wildman–Crippen MR) is 108 cm³/mol. The van der Waals surface area contributed by atoms with Crippen LogP contribution in [0, 0.1) is 18.3 Å². The second-order valence-corrected chi connectivity index (χ2v) is 6.51. The van der Waals surface area contributed by atoms with Gasteiger partial charge in [0.2, 0.25) is 0 Å². The number of nitriles is 1. The highest BCUT2D eigenvalue weighted by atomic mass is 16.6. The van der Waals surface area contributed by atoms with Gasteiger partial charge in [0.05, 0.1) is 11.6 Å². The Morgan fingerprint density at radius 2 is 2.00 bits per heavy atom. The molecule has 3 aromatic rings. The first kappa shape index (κ1) is 20.6. The molecule has 0 saturated carbocycles. The van der Waals surface area contributed by atoms with E-state index >= 15 is 0 Å². The standard InChI is InChI=1S/C22H18N2O6/c1-13-8-20(25)30-19-10-17(6-7-18(13)19)28-12-21(26)29-14(2)22(27)24-16-5-3-4-15(9-16)11-23/h3-10,14H,12H2,1-2H3,(H,24,27)/t14-/m1/s1. The second-order valence-electron chi connectivity index (χ2n) is 6.51. The first-order chi connectivity index (χ1) is 14.4. The number of carbonyl (C=O) groups excluding carboxylic acids is 2. The summed E-state index contributed by atoms with van der Waals surface area (Å²) in [5.41, 5.74) is 1.46. The van der Waals surface area contributed by atoms with Crippen LogP contribution in [-0.4, -0.2) is 24.6 Å². The Kier molecular flexibility index (Phi) is 6.13. The van der Waals surface area contributed by atoms with E-state index in [-0.39, 0.29) is 0 Å². The van der Waals surface area contributed by atoms with Crippen LogP contribution in [0.2, 0.25) is 0 Å². The molecule has 0 bridgehead atoms. The van der Waals surface area contributed by atoms with E-state index in [1.807, 2.05) is 6.07 Å². The number of amides is 1. The van der Waals surface area contributed by atoms with Crippen molar-refractivity contribution >= 4 is 28.5 Å². The molecule has 1 atom stereocenters. The van der Waals surface area contributed by atoms with Gasteiger partial charge in [-0.25, -0.2) is 9.59 Å². The number of anilines is 1. The van der Waals surface area contributed by atoms with Gasteiger partial charge in [0.15, 0.2) is 12.7 Å². The van der Waals surface area contributed by atoms with Crippen molar-refractivity contribution in [1.29, 1.82) is 5.26 Å². The second kappa shape index (κ2) is 8.92. The summed E-state index contributed by atoms with van der Waals surface area (Å²) < 4.78 is 15.6. The Bertz CT molecular complexity index is 1210. The fourth-order valence-corrected chi connectivity index (χ4v) is 2.73. The summed E-state index contributed by atoms with van der Waals surface area (Å²) in [5, 5.41) is 12.2. The van der Waals surface area contributed by atoms with Crippen molar-refractivity contribution in [1.82, 2.24) is 0 Å². The summed E-state index contributed by atoms with van der Waals surface area (Å²) in [5.74, 6) is -0.964. The minimum atomic E-state index is -1.07. The van der Waals surface area contributed by atoms with E-state index < -0.39 is 30.2 Å². The van der Waals surface area contributed by atoms with E-state index in [1.165, 1.54) is 25.1 Å². The van der Waals surface area contributed by atoms with Crippen LogP contribution in [0.3, 0.4) is 0 Å². The number of nitrogens with zero attached hydrogens (tertiary/aromatic N) is 1. The average Bonchev–Trinajstić information content (AvgIpc) is 2.71. The molecule has 0 spiro atoms. The summed E-state index contributed by atoms with van der Waals surface area (Å²) in [6.45, 7) is 2.79. The zero-order chi connectivity index (χ0) is 21.7. The van der Waals surface area contributed by atoms with Gasteiger partial charge in [0, 0.05) is 23.2 Å². The Balaban J connectivity index is 1.56. The van der Waals surface area contributed by atoms with Gasteiger partial charge in [-0.1, -0.05) is 6.07 Å². The van der Waals surface area contributed by atoms with E-state index in [2.05, 4.69) is 5.32 Å². The summed E-state index contributed by atoms with van der Waals surface area (Å²) in [6.07, 6.45) is -1.07. The van der Waals surface area contributed by atoms with Crippen LogP contribution in [0.5, 0.6) is 5.75 Å². The van der Waals surface area contributed by atoms with Gasteiger partial charge < -0.3 is 19.2 Å². The summed E-state index contributed by atoms with van der Waals surface area (Å²) in [7, 11) is 0. The number of esters is 1. The molecule has 0 fully saturated rings. The molecule has 0 unspecified atom stereocenters. The van der Waals surface area contributed by atoms with Gasteiger partial charge in [0.25, 0.3) is 5.91 Å². The maximum absolute atomic E-state index is 12.2. The van der Waals surface area contributed by atoms with Crippen molar-refractivity contribution in [3.05, 3.63) is 70.1 Å². The van der Waals surface area contributed by atoms with Gasteiger partial charge in [-0.2, -0.15) is 5.26 Å². The smallest absolute Gasteiger partial charge is 0.344 e. The minimum absolute atomic E-state index is 0.318. The van der Waals surface area contributed by atoms with E-state index in [9.17, 15) is 14.4 Å². The molecule has 1 N–H and O–H groups in total. The summed E-state index contributed by atoms with van der Waals surface area (Å²) in [4.78, 5) is 35.7. The Hall–Kier alpha value is -4.12. The van der Waals surface area contributed by atoms with Crippen LogP contribution < -0.4 is 15.7 Å². The minimum Gasteiger partial charge on any atom is -0.482 e. The lowest BCUT2D eigenvalue weighted by Crippen LogP contribution is -2.31. The first-order valence-electron chi connectivity index (χ1n) is 9.03. The third-order valence-corrected chi connectivity index (χ3v) is 4.22. The number of nitrogens with one attached hydrogen (secondary N) is 1. The van der Waals surface area contributed by atoms with Gasteiger partial charge in [0.1, 0.15) is 11.3 Å². The molecule has 8 nitrogen and oxygen atoms in total. The summed E-state index contributed by atoms with van der Waals surface area (Å²) in [6, 6.07) is 14.6. The molecule has 1 amide bonds. The highest BCUT2D eigenvalue weighted by molar-refractivity contribution is 5.95. The number of hydrogen-bond donors (Lipinski definition) is 1. The molecular weight excluding hydrogens is 388 g/mol. The molecule has 0 aliphatic heterocycles. The van der Waals surface area contributed by atoms with Crippen LogP contribution in [0.15, 0.2) is 57.7 Å². The van der Waals surface area contributed by atoms with Crippen LogP contribution in [0.25, 0.3) is 11.0 Å². The molecule has 0 aliphatic carbocycles. The number of rotatable bonds is 6. The Morgan fingerprint density at radius 1 is 1.20 bits per heavy atom. The first-order valence-corrected chi connectivity index (χ1v) is 9.03. The van der Waals surface area contributed by atoms with E-state index in [1.54, 1.807) is 37.3 Å². The molecule has 1 aromatic heterocycles.